The lowest BCUT2D eigenvalue weighted by molar-refractivity contribution is -0.154. The minimum absolute atomic E-state index is 0.158. The Kier molecular flexibility index (Phi) is 9.63. The molecule has 3 N–H and O–H groups in total. The molecule has 0 aromatic carbocycles. The van der Waals surface area contributed by atoms with E-state index in [0.717, 1.165) is 25.7 Å². The zero-order valence-corrected chi connectivity index (χ0v) is 22.9. The molecule has 0 saturated heterocycles. The lowest BCUT2D eigenvalue weighted by Crippen LogP contribution is -2.48. The Balaban J connectivity index is 1.67. The zero-order valence-electron chi connectivity index (χ0n) is 22.0. The van der Waals surface area contributed by atoms with Crippen LogP contribution in [0.4, 0.5) is 5.82 Å². The monoisotopic (exact) mass is 540 g/mol. The van der Waals surface area contributed by atoms with Crippen molar-refractivity contribution in [1.29, 1.82) is 0 Å². The molecular formula is C23H37N6O7P. The SMILES string of the molecule is CC(C)OC(=O)COP(=O)(CO[C@H](C)Cn1cnc2c(N)ncnc21)NC(C)(C)C(=O)OC1CCCC1. The molecule has 0 bridgehead atoms. The van der Waals surface area contributed by atoms with Crippen molar-refractivity contribution < 1.29 is 32.9 Å². The van der Waals surface area contributed by atoms with Gasteiger partial charge in [0.2, 0.25) is 0 Å². The number of fused-ring (bicyclic) bond motifs is 1. The Bertz CT molecular complexity index is 1130. The Morgan fingerprint density at radius 2 is 1.92 bits per heavy atom. The molecule has 2 heterocycles. The Morgan fingerprint density at radius 3 is 2.59 bits per heavy atom. The third kappa shape index (κ3) is 8.19. The molecule has 13 nitrogen and oxygen atoms in total. The summed E-state index contributed by atoms with van der Waals surface area (Å²) in [7, 11) is -3.88. The van der Waals surface area contributed by atoms with Crippen LogP contribution in [0, 0.1) is 0 Å². The molecule has 14 heteroatoms. The van der Waals surface area contributed by atoms with Crippen molar-refractivity contribution in [3.8, 4) is 0 Å². The van der Waals surface area contributed by atoms with Gasteiger partial charge in [0.15, 0.2) is 18.1 Å². The van der Waals surface area contributed by atoms with Gasteiger partial charge in [0, 0.05) is 0 Å². The van der Waals surface area contributed by atoms with Crippen LogP contribution in [-0.2, 0) is 39.4 Å². The van der Waals surface area contributed by atoms with Gasteiger partial charge in [-0.1, -0.05) is 0 Å². The summed E-state index contributed by atoms with van der Waals surface area (Å²) in [6.45, 7) is 8.01. The number of aromatic nitrogens is 4. The van der Waals surface area contributed by atoms with Crippen LogP contribution in [0.5, 0.6) is 0 Å². The molecule has 0 spiro atoms. The molecule has 0 radical (unpaired) electrons. The lowest BCUT2D eigenvalue weighted by Gasteiger charge is -2.31. The van der Waals surface area contributed by atoms with E-state index in [1.807, 2.05) is 0 Å². The molecular weight excluding hydrogens is 503 g/mol. The number of hydrogen-bond acceptors (Lipinski definition) is 11. The highest BCUT2D eigenvalue weighted by molar-refractivity contribution is 7.56. The molecule has 3 rings (SSSR count). The quantitative estimate of drug-likeness (QED) is 0.282. The molecule has 2 atom stereocenters. The summed E-state index contributed by atoms with van der Waals surface area (Å²) >= 11 is 0. The molecule has 37 heavy (non-hydrogen) atoms. The maximum Gasteiger partial charge on any atom is 0.332 e. The van der Waals surface area contributed by atoms with Gasteiger partial charge < -0.3 is 29.0 Å². The van der Waals surface area contributed by atoms with Gasteiger partial charge in [-0.05, 0) is 60.3 Å². The van der Waals surface area contributed by atoms with Crippen molar-refractivity contribution in [2.45, 2.75) is 90.7 Å². The number of imidazole rings is 1. The molecule has 2 aromatic heterocycles. The number of hydrogen-bond donors (Lipinski definition) is 2. The van der Waals surface area contributed by atoms with Gasteiger partial charge in [-0.25, -0.2) is 24.8 Å². The third-order valence-electron chi connectivity index (χ3n) is 5.71. The number of nitrogens with one attached hydrogen (secondary N) is 1. The normalized spacial score (nSPS) is 17.1. The fraction of sp³-hybridized carbons (Fsp3) is 0.696. The molecule has 206 valence electrons. The molecule has 0 amide bonds. The summed E-state index contributed by atoms with van der Waals surface area (Å²) in [6.07, 6.45) is 5.12. The second-order valence-electron chi connectivity index (χ2n) is 9.97. The largest absolute Gasteiger partial charge is 0.461 e. The minimum Gasteiger partial charge on any atom is -0.461 e. The second-order valence-corrected chi connectivity index (χ2v) is 12.1. The van der Waals surface area contributed by atoms with E-state index >= 15 is 0 Å². The number of nitrogens with two attached hydrogens (primary N) is 1. The maximum absolute atomic E-state index is 13.8. The number of rotatable bonds is 13. The summed E-state index contributed by atoms with van der Waals surface area (Å²) in [5.41, 5.74) is 5.49. The molecule has 1 saturated carbocycles. The number of ether oxygens (including phenoxy) is 3. The number of nitrogen functional groups attached to an aromatic ring is 1. The van der Waals surface area contributed by atoms with Crippen molar-refractivity contribution in [3.63, 3.8) is 0 Å². The predicted molar refractivity (Wildman–Crippen MR) is 135 cm³/mol. The van der Waals surface area contributed by atoms with Gasteiger partial charge in [0.25, 0.3) is 7.52 Å². The molecule has 1 aliphatic rings. The fourth-order valence-corrected chi connectivity index (χ4v) is 5.83. The second kappa shape index (κ2) is 12.3. The predicted octanol–water partition coefficient (Wildman–Crippen LogP) is 2.79. The first kappa shape index (κ1) is 29.0. The van der Waals surface area contributed by atoms with Crippen LogP contribution in [-0.4, -0.2) is 68.3 Å². The number of anilines is 1. The highest BCUT2D eigenvalue weighted by Gasteiger charge is 2.40. The van der Waals surface area contributed by atoms with Crippen molar-refractivity contribution in [1.82, 2.24) is 24.6 Å². The van der Waals surface area contributed by atoms with Gasteiger partial charge in [-0.3, -0.25) is 9.36 Å². The first-order valence-corrected chi connectivity index (χ1v) is 14.2. The van der Waals surface area contributed by atoms with E-state index in [0.29, 0.717) is 17.7 Å². The van der Waals surface area contributed by atoms with Crippen molar-refractivity contribution in [2.24, 2.45) is 0 Å². The minimum atomic E-state index is -3.88. The Hall–Kier alpha value is -2.60. The summed E-state index contributed by atoms with van der Waals surface area (Å²) in [4.78, 5) is 37.3. The van der Waals surface area contributed by atoms with Crippen LogP contribution in [0.3, 0.4) is 0 Å². The van der Waals surface area contributed by atoms with Crippen LogP contribution in [0.1, 0.15) is 60.3 Å². The highest BCUT2D eigenvalue weighted by atomic mass is 31.2. The van der Waals surface area contributed by atoms with E-state index in [2.05, 4.69) is 20.0 Å². The van der Waals surface area contributed by atoms with Crippen molar-refractivity contribution >= 4 is 36.4 Å². The number of carbonyl (C=O) groups excluding carboxylic acids is 2. The van der Waals surface area contributed by atoms with Crippen LogP contribution < -0.4 is 10.8 Å². The zero-order chi connectivity index (χ0) is 27.2. The Morgan fingerprint density at radius 1 is 1.22 bits per heavy atom. The smallest absolute Gasteiger partial charge is 0.332 e. The summed E-state index contributed by atoms with van der Waals surface area (Å²) in [5, 5.41) is 2.77. The van der Waals surface area contributed by atoms with Crippen LogP contribution >= 0.6 is 7.52 Å². The number of esters is 2. The first-order chi connectivity index (χ1) is 17.4. The lowest BCUT2D eigenvalue weighted by atomic mass is 10.1. The average Bonchev–Trinajstić information content (AvgIpc) is 3.47. The van der Waals surface area contributed by atoms with Crippen LogP contribution in [0.2, 0.25) is 0 Å². The number of carbonyl (C=O) groups is 2. The summed E-state index contributed by atoms with van der Waals surface area (Å²) in [6, 6.07) is 0. The summed E-state index contributed by atoms with van der Waals surface area (Å²) < 4.78 is 37.6. The van der Waals surface area contributed by atoms with E-state index in [1.54, 1.807) is 45.5 Å². The van der Waals surface area contributed by atoms with E-state index in [4.69, 9.17) is 24.5 Å². The molecule has 1 fully saturated rings. The molecule has 0 aliphatic heterocycles. The maximum atomic E-state index is 13.8. The summed E-state index contributed by atoms with van der Waals surface area (Å²) in [5.74, 6) is -0.971. The molecule has 2 aromatic rings. The van der Waals surface area contributed by atoms with Gasteiger partial charge in [-0.2, -0.15) is 0 Å². The van der Waals surface area contributed by atoms with E-state index in [9.17, 15) is 14.2 Å². The standard InChI is InChI=1S/C23H37N6O7P/c1-15(2)35-18(30)11-34-37(32,28-23(4,5)22(31)36-17-8-6-7-9-17)14-33-16(3)10-29-13-27-19-20(24)25-12-26-21(19)29/h12-13,15-17H,6-11,14H2,1-5H3,(H,28,32)(H2,24,25,26)/t16-,37?/m1/s1. The fourth-order valence-electron chi connectivity index (χ4n) is 3.92. The highest BCUT2D eigenvalue weighted by Crippen LogP contribution is 2.45. The molecule has 1 unspecified atom stereocenters. The van der Waals surface area contributed by atoms with Crippen molar-refractivity contribution in [3.05, 3.63) is 12.7 Å². The number of nitrogens with zero attached hydrogens (tertiary/aromatic N) is 4. The van der Waals surface area contributed by atoms with E-state index in [-0.39, 0.29) is 18.0 Å². The first-order valence-electron chi connectivity index (χ1n) is 12.3. The van der Waals surface area contributed by atoms with Gasteiger partial charge >= 0.3 is 11.9 Å². The van der Waals surface area contributed by atoms with Gasteiger partial charge in [-0.15, -0.1) is 0 Å². The van der Waals surface area contributed by atoms with Gasteiger partial charge in [0.1, 0.15) is 29.8 Å². The average molecular weight is 541 g/mol. The third-order valence-corrected chi connectivity index (χ3v) is 7.64. The van der Waals surface area contributed by atoms with E-state index < -0.39 is 44.1 Å². The molecule has 1 aliphatic carbocycles. The van der Waals surface area contributed by atoms with Crippen molar-refractivity contribution in [2.75, 3.05) is 18.7 Å². The van der Waals surface area contributed by atoms with Crippen LogP contribution in [0.15, 0.2) is 12.7 Å². The van der Waals surface area contributed by atoms with Crippen LogP contribution in [0.25, 0.3) is 11.2 Å². The van der Waals surface area contributed by atoms with E-state index in [1.165, 1.54) is 6.33 Å². The van der Waals surface area contributed by atoms with Gasteiger partial charge in [0.05, 0.1) is 25.1 Å². The topological polar surface area (TPSA) is 170 Å². The Labute approximate surface area is 216 Å².